The van der Waals surface area contributed by atoms with E-state index in [-0.39, 0.29) is 18.0 Å². The van der Waals surface area contributed by atoms with Crippen molar-refractivity contribution in [1.82, 2.24) is 19.6 Å². The zero-order chi connectivity index (χ0) is 25.9. The lowest BCUT2D eigenvalue weighted by Gasteiger charge is -2.27. The van der Waals surface area contributed by atoms with Gasteiger partial charge in [0, 0.05) is 60.7 Å². The summed E-state index contributed by atoms with van der Waals surface area (Å²) in [6.07, 6.45) is 11.3. The maximum atomic E-state index is 13.2. The number of anilines is 5. The van der Waals surface area contributed by atoms with E-state index >= 15 is 0 Å². The molecular weight excluding hydrogens is 478 g/mol. The van der Waals surface area contributed by atoms with Crippen LogP contribution in [-0.2, 0) is 0 Å². The molecule has 0 atom stereocenters. The standard InChI is InChI=1S/C28H33N9O/c29-19-3-5-21(6-4-19)33-26-17-24(32-20-7-9-23(10-8-20)36-15-1-2-16-36)27-31-18-25(37(27)35-26)28(38)34-22-11-13-30-14-12-22/h7-14,17-19,21,32H,1-6,15-16,29H2,(H,33,35)(H,30,34,38). The summed E-state index contributed by atoms with van der Waals surface area (Å²) in [5.41, 5.74) is 10.6. The van der Waals surface area contributed by atoms with Crippen LogP contribution in [0.5, 0.6) is 0 Å². The van der Waals surface area contributed by atoms with Gasteiger partial charge in [-0.2, -0.15) is 0 Å². The molecule has 5 N–H and O–H groups in total. The molecule has 3 aromatic heterocycles. The minimum atomic E-state index is -0.294. The molecule has 196 valence electrons. The Labute approximate surface area is 221 Å². The number of pyridine rings is 1. The molecule has 0 radical (unpaired) electrons. The third-order valence-corrected chi connectivity index (χ3v) is 7.38. The lowest BCUT2D eigenvalue weighted by Crippen LogP contribution is -2.33. The number of nitrogens with zero attached hydrogens (tertiary/aromatic N) is 5. The fourth-order valence-electron chi connectivity index (χ4n) is 5.28. The molecule has 1 saturated heterocycles. The second-order valence-electron chi connectivity index (χ2n) is 10.1. The lowest BCUT2D eigenvalue weighted by atomic mass is 9.92. The number of rotatable bonds is 7. The van der Waals surface area contributed by atoms with Gasteiger partial charge in [0.2, 0.25) is 0 Å². The van der Waals surface area contributed by atoms with E-state index in [9.17, 15) is 4.79 Å². The van der Waals surface area contributed by atoms with Crippen LogP contribution >= 0.6 is 0 Å². The van der Waals surface area contributed by atoms with Crippen molar-refractivity contribution in [3.8, 4) is 0 Å². The number of amides is 1. The molecule has 10 heteroatoms. The van der Waals surface area contributed by atoms with E-state index in [1.165, 1.54) is 18.5 Å². The second-order valence-corrected chi connectivity index (χ2v) is 10.1. The van der Waals surface area contributed by atoms with Crippen molar-refractivity contribution in [2.75, 3.05) is 33.9 Å². The molecule has 38 heavy (non-hydrogen) atoms. The molecule has 1 aliphatic heterocycles. The van der Waals surface area contributed by atoms with Crippen LogP contribution in [-0.4, -0.2) is 50.7 Å². The Morgan fingerprint density at radius 2 is 1.68 bits per heavy atom. The van der Waals surface area contributed by atoms with Crippen LogP contribution in [0.2, 0.25) is 0 Å². The van der Waals surface area contributed by atoms with Gasteiger partial charge in [0.05, 0.1) is 11.9 Å². The third kappa shape index (κ3) is 5.26. The highest BCUT2D eigenvalue weighted by molar-refractivity contribution is 6.03. The van der Waals surface area contributed by atoms with Crippen molar-refractivity contribution in [2.45, 2.75) is 50.6 Å². The molecule has 2 fully saturated rings. The summed E-state index contributed by atoms with van der Waals surface area (Å²) in [4.78, 5) is 24.2. The van der Waals surface area contributed by atoms with E-state index < -0.39 is 0 Å². The van der Waals surface area contributed by atoms with Gasteiger partial charge >= 0.3 is 0 Å². The quantitative estimate of drug-likeness (QED) is 0.288. The SMILES string of the molecule is NC1CCC(Nc2cc(Nc3ccc(N4CCCC4)cc3)c3ncc(C(=O)Nc4ccncc4)n3n2)CC1. The van der Waals surface area contributed by atoms with Gasteiger partial charge in [0.25, 0.3) is 5.91 Å². The number of fused-ring (bicyclic) bond motifs is 1. The average molecular weight is 512 g/mol. The van der Waals surface area contributed by atoms with Gasteiger partial charge in [0.1, 0.15) is 5.82 Å². The van der Waals surface area contributed by atoms with Crippen molar-refractivity contribution in [3.05, 3.63) is 66.7 Å². The summed E-state index contributed by atoms with van der Waals surface area (Å²) in [5.74, 6) is 0.392. The number of carbonyl (C=O) groups is 1. The first kappa shape index (κ1) is 24.2. The average Bonchev–Trinajstić information content (AvgIpc) is 3.62. The van der Waals surface area contributed by atoms with Gasteiger partial charge in [-0.05, 0) is 74.9 Å². The highest BCUT2D eigenvalue weighted by atomic mass is 16.2. The monoisotopic (exact) mass is 511 g/mol. The maximum absolute atomic E-state index is 13.2. The first-order valence-corrected chi connectivity index (χ1v) is 13.4. The van der Waals surface area contributed by atoms with Gasteiger partial charge < -0.3 is 26.6 Å². The summed E-state index contributed by atoms with van der Waals surface area (Å²) in [6.45, 7) is 2.22. The highest BCUT2D eigenvalue weighted by Crippen LogP contribution is 2.29. The van der Waals surface area contributed by atoms with Crippen molar-refractivity contribution in [1.29, 1.82) is 0 Å². The highest BCUT2D eigenvalue weighted by Gasteiger charge is 2.22. The topological polar surface area (TPSA) is 126 Å². The van der Waals surface area contributed by atoms with E-state index in [0.717, 1.165) is 50.1 Å². The predicted molar refractivity (Wildman–Crippen MR) is 150 cm³/mol. The minimum Gasteiger partial charge on any atom is -0.372 e. The molecule has 10 nitrogen and oxygen atoms in total. The Balaban J connectivity index is 1.30. The van der Waals surface area contributed by atoms with Gasteiger partial charge in [-0.25, -0.2) is 9.50 Å². The Morgan fingerprint density at radius 1 is 0.947 bits per heavy atom. The van der Waals surface area contributed by atoms with Crippen LogP contribution in [0.4, 0.5) is 28.6 Å². The molecule has 4 aromatic rings. The van der Waals surface area contributed by atoms with Crippen LogP contribution < -0.4 is 26.6 Å². The zero-order valence-electron chi connectivity index (χ0n) is 21.3. The molecule has 2 aliphatic rings. The molecule has 0 unspecified atom stereocenters. The summed E-state index contributed by atoms with van der Waals surface area (Å²) < 4.78 is 1.61. The van der Waals surface area contributed by atoms with Crippen molar-refractivity contribution in [3.63, 3.8) is 0 Å². The largest absolute Gasteiger partial charge is 0.372 e. The lowest BCUT2D eigenvalue weighted by molar-refractivity contribution is 0.102. The van der Waals surface area contributed by atoms with Crippen molar-refractivity contribution >= 4 is 40.1 Å². The van der Waals surface area contributed by atoms with E-state index in [1.54, 1.807) is 35.2 Å². The summed E-state index contributed by atoms with van der Waals surface area (Å²) >= 11 is 0. The summed E-state index contributed by atoms with van der Waals surface area (Å²) in [6, 6.07) is 14.5. The number of nitrogens with one attached hydrogen (secondary N) is 3. The number of nitrogens with two attached hydrogens (primary N) is 1. The minimum absolute atomic E-state index is 0.265. The van der Waals surface area contributed by atoms with E-state index in [0.29, 0.717) is 22.8 Å². The molecule has 0 spiro atoms. The normalized spacial score (nSPS) is 19.4. The van der Waals surface area contributed by atoms with Crippen LogP contribution in [0.1, 0.15) is 49.0 Å². The maximum Gasteiger partial charge on any atom is 0.276 e. The summed E-state index contributed by atoms with van der Waals surface area (Å²) in [5, 5.41) is 14.8. The number of carbonyl (C=O) groups excluding carboxylic acids is 1. The molecule has 1 saturated carbocycles. The molecule has 1 amide bonds. The van der Waals surface area contributed by atoms with Crippen LogP contribution in [0, 0.1) is 0 Å². The number of hydrogen-bond donors (Lipinski definition) is 4. The number of hydrogen-bond acceptors (Lipinski definition) is 8. The Kier molecular flexibility index (Phi) is 6.78. The Hall–Kier alpha value is -4.18. The van der Waals surface area contributed by atoms with Gasteiger partial charge in [-0.3, -0.25) is 9.78 Å². The molecule has 0 bridgehead atoms. The molecular formula is C28H33N9O. The van der Waals surface area contributed by atoms with Gasteiger partial charge in [-0.1, -0.05) is 0 Å². The molecule has 6 rings (SSSR count). The van der Waals surface area contributed by atoms with E-state index in [4.69, 9.17) is 10.8 Å². The second kappa shape index (κ2) is 10.7. The third-order valence-electron chi connectivity index (χ3n) is 7.38. The molecule has 4 heterocycles. The molecule has 1 aromatic carbocycles. The molecule has 1 aliphatic carbocycles. The number of imidazole rings is 1. The van der Waals surface area contributed by atoms with E-state index in [2.05, 4.69) is 55.1 Å². The Bertz CT molecular complexity index is 1390. The van der Waals surface area contributed by atoms with Gasteiger partial charge in [0.15, 0.2) is 11.3 Å². The smallest absolute Gasteiger partial charge is 0.276 e. The predicted octanol–water partition coefficient (Wildman–Crippen LogP) is 4.40. The Morgan fingerprint density at radius 3 is 2.42 bits per heavy atom. The van der Waals surface area contributed by atoms with Gasteiger partial charge in [-0.15, -0.1) is 5.10 Å². The summed E-state index contributed by atoms with van der Waals surface area (Å²) in [7, 11) is 0. The first-order chi connectivity index (χ1) is 18.6. The van der Waals surface area contributed by atoms with Crippen molar-refractivity contribution in [2.24, 2.45) is 5.73 Å². The zero-order valence-corrected chi connectivity index (χ0v) is 21.3. The first-order valence-electron chi connectivity index (χ1n) is 13.4. The fourth-order valence-corrected chi connectivity index (χ4v) is 5.28. The number of aromatic nitrogens is 4. The van der Waals surface area contributed by atoms with E-state index in [1.807, 2.05) is 6.07 Å². The van der Waals surface area contributed by atoms with Crippen LogP contribution in [0.25, 0.3) is 5.65 Å². The fraction of sp³-hybridized carbons (Fsp3) is 0.357. The van der Waals surface area contributed by atoms with Crippen molar-refractivity contribution < 1.29 is 4.79 Å². The van der Waals surface area contributed by atoms with Crippen LogP contribution in [0.15, 0.2) is 61.1 Å². The van der Waals surface area contributed by atoms with Crippen LogP contribution in [0.3, 0.4) is 0 Å². The number of benzene rings is 1.